The van der Waals surface area contributed by atoms with Gasteiger partial charge in [0.25, 0.3) is 0 Å². The van der Waals surface area contributed by atoms with Crippen molar-refractivity contribution < 1.29 is 9.59 Å². The lowest BCUT2D eigenvalue weighted by atomic mass is 10.2. The SMILES string of the molecule is CC(CCN)N1CC(=O)NC(=O)C1. The Balaban J connectivity index is 2.49. The summed E-state index contributed by atoms with van der Waals surface area (Å²) in [7, 11) is 0. The molecule has 1 unspecified atom stereocenters. The largest absolute Gasteiger partial charge is 0.330 e. The van der Waals surface area contributed by atoms with E-state index in [-0.39, 0.29) is 17.9 Å². The minimum atomic E-state index is -0.222. The van der Waals surface area contributed by atoms with Crippen molar-refractivity contribution in [3.05, 3.63) is 0 Å². The predicted octanol–water partition coefficient (Wildman–Crippen LogP) is -1.32. The molecule has 1 aliphatic heterocycles. The van der Waals surface area contributed by atoms with Crippen molar-refractivity contribution in [3.8, 4) is 0 Å². The fraction of sp³-hybridized carbons (Fsp3) is 0.750. The Bertz CT molecular complexity index is 201. The van der Waals surface area contributed by atoms with Crippen LogP contribution in [-0.2, 0) is 9.59 Å². The number of piperazine rings is 1. The number of carbonyl (C=O) groups is 2. The van der Waals surface area contributed by atoms with Gasteiger partial charge in [-0.3, -0.25) is 19.8 Å². The van der Waals surface area contributed by atoms with Crippen molar-refractivity contribution in [3.63, 3.8) is 0 Å². The minimum absolute atomic E-state index is 0.194. The van der Waals surface area contributed by atoms with Gasteiger partial charge in [0.15, 0.2) is 0 Å². The Kier molecular flexibility index (Phi) is 3.39. The summed E-state index contributed by atoms with van der Waals surface area (Å²) in [6, 6.07) is 0.194. The summed E-state index contributed by atoms with van der Waals surface area (Å²) in [6.07, 6.45) is 0.806. The van der Waals surface area contributed by atoms with Crippen LogP contribution in [0.2, 0.25) is 0 Å². The summed E-state index contributed by atoms with van der Waals surface area (Å²) in [5.41, 5.74) is 5.39. The lowest BCUT2D eigenvalue weighted by Gasteiger charge is -2.30. The van der Waals surface area contributed by atoms with Crippen LogP contribution < -0.4 is 11.1 Å². The average molecular weight is 185 g/mol. The molecule has 1 atom stereocenters. The second-order valence-corrected chi connectivity index (χ2v) is 3.30. The minimum Gasteiger partial charge on any atom is -0.330 e. The Morgan fingerprint density at radius 3 is 2.46 bits per heavy atom. The van der Waals surface area contributed by atoms with Crippen molar-refractivity contribution in [1.29, 1.82) is 0 Å². The fourth-order valence-corrected chi connectivity index (χ4v) is 1.39. The molecule has 1 rings (SSSR count). The van der Waals surface area contributed by atoms with Crippen molar-refractivity contribution in [1.82, 2.24) is 10.2 Å². The van der Waals surface area contributed by atoms with E-state index in [0.29, 0.717) is 19.6 Å². The number of nitrogens with zero attached hydrogens (tertiary/aromatic N) is 1. The molecule has 0 aliphatic carbocycles. The van der Waals surface area contributed by atoms with Crippen LogP contribution in [-0.4, -0.2) is 42.4 Å². The Hall–Kier alpha value is -0.940. The van der Waals surface area contributed by atoms with Crippen molar-refractivity contribution in [2.24, 2.45) is 5.73 Å². The number of rotatable bonds is 3. The molecule has 0 saturated carbocycles. The van der Waals surface area contributed by atoms with Crippen LogP contribution in [0.25, 0.3) is 0 Å². The molecule has 74 valence electrons. The summed E-state index contributed by atoms with van der Waals surface area (Å²) in [6.45, 7) is 3.14. The molecule has 1 fully saturated rings. The highest BCUT2D eigenvalue weighted by molar-refractivity contribution is 5.99. The van der Waals surface area contributed by atoms with Crippen molar-refractivity contribution in [2.75, 3.05) is 19.6 Å². The number of amides is 2. The van der Waals surface area contributed by atoms with E-state index in [1.54, 1.807) is 0 Å². The van der Waals surface area contributed by atoms with Gasteiger partial charge >= 0.3 is 0 Å². The zero-order valence-electron chi connectivity index (χ0n) is 7.75. The third-order valence-corrected chi connectivity index (χ3v) is 2.18. The molecule has 2 amide bonds. The van der Waals surface area contributed by atoms with Gasteiger partial charge in [-0.15, -0.1) is 0 Å². The molecule has 1 saturated heterocycles. The molecule has 0 radical (unpaired) electrons. The Morgan fingerprint density at radius 2 is 2.00 bits per heavy atom. The van der Waals surface area contributed by atoms with E-state index in [1.165, 1.54) is 0 Å². The first-order chi connectivity index (χ1) is 6.13. The van der Waals surface area contributed by atoms with E-state index in [1.807, 2.05) is 11.8 Å². The highest BCUT2D eigenvalue weighted by Crippen LogP contribution is 2.04. The van der Waals surface area contributed by atoms with E-state index >= 15 is 0 Å². The molecular formula is C8H15N3O2. The summed E-state index contributed by atoms with van der Waals surface area (Å²) in [5.74, 6) is -0.444. The fourth-order valence-electron chi connectivity index (χ4n) is 1.39. The molecule has 3 N–H and O–H groups in total. The third-order valence-electron chi connectivity index (χ3n) is 2.18. The monoisotopic (exact) mass is 185 g/mol. The van der Waals surface area contributed by atoms with Gasteiger partial charge < -0.3 is 5.73 Å². The maximum atomic E-state index is 11.0. The van der Waals surface area contributed by atoms with Crippen LogP contribution >= 0.6 is 0 Å². The zero-order valence-corrected chi connectivity index (χ0v) is 7.75. The Morgan fingerprint density at radius 1 is 1.46 bits per heavy atom. The summed E-state index contributed by atoms with van der Waals surface area (Å²) >= 11 is 0. The van der Waals surface area contributed by atoms with Crippen LogP contribution in [0.4, 0.5) is 0 Å². The van der Waals surface area contributed by atoms with Gasteiger partial charge in [-0.05, 0) is 19.9 Å². The first kappa shape index (κ1) is 10.1. The molecule has 0 bridgehead atoms. The van der Waals surface area contributed by atoms with Crippen LogP contribution in [0.5, 0.6) is 0 Å². The van der Waals surface area contributed by atoms with Crippen molar-refractivity contribution >= 4 is 11.8 Å². The number of nitrogens with two attached hydrogens (primary N) is 1. The summed E-state index contributed by atoms with van der Waals surface area (Å²) in [4.78, 5) is 23.8. The molecule has 13 heavy (non-hydrogen) atoms. The Labute approximate surface area is 77.3 Å². The van der Waals surface area contributed by atoms with Crippen LogP contribution in [0.3, 0.4) is 0 Å². The van der Waals surface area contributed by atoms with Crippen LogP contribution in [0.15, 0.2) is 0 Å². The van der Waals surface area contributed by atoms with Gasteiger partial charge in [0.2, 0.25) is 11.8 Å². The number of hydrogen-bond donors (Lipinski definition) is 2. The second-order valence-electron chi connectivity index (χ2n) is 3.30. The smallest absolute Gasteiger partial charge is 0.240 e. The highest BCUT2D eigenvalue weighted by Gasteiger charge is 2.25. The van der Waals surface area contributed by atoms with E-state index < -0.39 is 0 Å². The van der Waals surface area contributed by atoms with Crippen LogP contribution in [0, 0.1) is 0 Å². The number of carbonyl (C=O) groups excluding carboxylic acids is 2. The van der Waals surface area contributed by atoms with Gasteiger partial charge in [-0.2, -0.15) is 0 Å². The molecule has 5 nitrogen and oxygen atoms in total. The maximum absolute atomic E-state index is 11.0. The standard InChI is InChI=1S/C8H15N3O2/c1-6(2-3-9)11-4-7(12)10-8(13)5-11/h6H,2-5,9H2,1H3,(H,10,12,13). The van der Waals surface area contributed by atoms with E-state index in [2.05, 4.69) is 5.32 Å². The second kappa shape index (κ2) is 4.34. The average Bonchev–Trinajstić information content (AvgIpc) is 2.03. The third kappa shape index (κ3) is 2.78. The molecule has 1 heterocycles. The van der Waals surface area contributed by atoms with Gasteiger partial charge in [0.05, 0.1) is 13.1 Å². The molecular weight excluding hydrogens is 170 g/mol. The van der Waals surface area contributed by atoms with Gasteiger partial charge in [0.1, 0.15) is 0 Å². The summed E-state index contributed by atoms with van der Waals surface area (Å²) in [5, 5.41) is 2.26. The molecule has 0 aromatic carbocycles. The highest BCUT2D eigenvalue weighted by atomic mass is 16.2. The lowest BCUT2D eigenvalue weighted by Crippen LogP contribution is -2.54. The quantitative estimate of drug-likeness (QED) is 0.535. The van der Waals surface area contributed by atoms with Gasteiger partial charge in [-0.25, -0.2) is 0 Å². The molecule has 0 aromatic heterocycles. The predicted molar refractivity (Wildman–Crippen MR) is 47.9 cm³/mol. The first-order valence-electron chi connectivity index (χ1n) is 4.40. The maximum Gasteiger partial charge on any atom is 0.240 e. The summed E-state index contributed by atoms with van der Waals surface area (Å²) < 4.78 is 0. The van der Waals surface area contributed by atoms with Gasteiger partial charge in [-0.1, -0.05) is 0 Å². The molecule has 5 heteroatoms. The first-order valence-corrected chi connectivity index (χ1v) is 4.40. The number of nitrogens with one attached hydrogen (secondary N) is 1. The lowest BCUT2D eigenvalue weighted by molar-refractivity contribution is -0.137. The van der Waals surface area contributed by atoms with Gasteiger partial charge in [0, 0.05) is 6.04 Å². The zero-order chi connectivity index (χ0) is 9.84. The van der Waals surface area contributed by atoms with E-state index in [4.69, 9.17) is 5.73 Å². The van der Waals surface area contributed by atoms with E-state index in [9.17, 15) is 9.59 Å². The van der Waals surface area contributed by atoms with Crippen molar-refractivity contribution in [2.45, 2.75) is 19.4 Å². The van der Waals surface area contributed by atoms with Crippen LogP contribution in [0.1, 0.15) is 13.3 Å². The number of imide groups is 1. The normalized spacial score (nSPS) is 21.4. The number of hydrogen-bond acceptors (Lipinski definition) is 4. The molecule has 0 aromatic rings. The molecule has 0 spiro atoms. The molecule has 1 aliphatic rings. The topological polar surface area (TPSA) is 75.4 Å². The van der Waals surface area contributed by atoms with E-state index in [0.717, 1.165) is 6.42 Å².